The Kier molecular flexibility index (Phi) is 5.52. The lowest BCUT2D eigenvalue weighted by atomic mass is 9.89. The molecule has 1 aromatic heterocycles. The summed E-state index contributed by atoms with van der Waals surface area (Å²) in [6, 6.07) is 2.06. The van der Waals surface area contributed by atoms with E-state index in [-0.39, 0.29) is 0 Å². The molecule has 0 aliphatic carbocycles. The minimum atomic E-state index is 0.787. The second-order valence-corrected chi connectivity index (χ2v) is 6.54. The average Bonchev–Trinajstić information content (AvgIpc) is 2.72. The maximum Gasteiger partial charge on any atom is 0.191 e. The predicted molar refractivity (Wildman–Crippen MR) is 87.8 cm³/mol. The summed E-state index contributed by atoms with van der Waals surface area (Å²) in [5.41, 5.74) is 0. The van der Waals surface area contributed by atoms with Crippen LogP contribution in [0.4, 0.5) is 11.6 Å². The third-order valence-corrected chi connectivity index (χ3v) is 4.72. The lowest BCUT2D eigenvalue weighted by Gasteiger charge is -2.23. The van der Waals surface area contributed by atoms with Crippen LogP contribution in [0.2, 0.25) is 0 Å². The van der Waals surface area contributed by atoms with Crippen molar-refractivity contribution in [3.63, 3.8) is 0 Å². The summed E-state index contributed by atoms with van der Waals surface area (Å²) in [5, 5.41) is 3.98. The Morgan fingerprint density at radius 2 is 2.10 bits per heavy atom. The lowest BCUT2D eigenvalue weighted by molar-refractivity contribution is 0.351. The molecule has 1 fully saturated rings. The molecule has 4 nitrogen and oxygen atoms in total. The van der Waals surface area contributed by atoms with E-state index < -0.39 is 0 Å². The largest absolute Gasteiger partial charge is 0.373 e. The van der Waals surface area contributed by atoms with Crippen LogP contribution >= 0.6 is 11.8 Å². The number of anilines is 2. The van der Waals surface area contributed by atoms with Crippen LogP contribution in [-0.4, -0.2) is 36.4 Å². The number of hydrogen-bond acceptors (Lipinski definition) is 5. The van der Waals surface area contributed by atoms with Crippen molar-refractivity contribution in [2.24, 2.45) is 11.8 Å². The maximum absolute atomic E-state index is 4.67. The third-order valence-electron chi connectivity index (χ3n) is 4.17. The predicted octanol–water partition coefficient (Wildman–Crippen LogP) is 3.50. The molecule has 0 bridgehead atoms. The van der Waals surface area contributed by atoms with E-state index in [1.807, 2.05) is 13.3 Å². The fourth-order valence-corrected chi connectivity index (χ4v) is 3.19. The Balaban J connectivity index is 2.14. The van der Waals surface area contributed by atoms with Crippen LogP contribution in [0.1, 0.15) is 33.1 Å². The highest BCUT2D eigenvalue weighted by Crippen LogP contribution is 2.28. The molecule has 2 rings (SSSR count). The topological polar surface area (TPSA) is 41.0 Å². The zero-order valence-corrected chi connectivity index (χ0v) is 13.8. The van der Waals surface area contributed by atoms with Gasteiger partial charge in [-0.3, -0.25) is 0 Å². The summed E-state index contributed by atoms with van der Waals surface area (Å²) in [7, 11) is 1.91. The molecule has 0 saturated carbocycles. The first-order chi connectivity index (χ1) is 9.63. The van der Waals surface area contributed by atoms with E-state index in [1.165, 1.54) is 19.3 Å². The summed E-state index contributed by atoms with van der Waals surface area (Å²) in [6.07, 6.45) is 5.89. The molecule has 2 heterocycles. The molecule has 1 aromatic rings. The highest BCUT2D eigenvalue weighted by molar-refractivity contribution is 7.98. The van der Waals surface area contributed by atoms with Gasteiger partial charge in [-0.05, 0) is 37.4 Å². The highest BCUT2D eigenvalue weighted by Gasteiger charge is 2.20. The standard InChI is InChI=1S/C15H26N4S/c1-11(2)12-6-5-8-19(9-7-12)14-10-13(16-3)17-15(18-14)20-4/h10-12H,5-9H2,1-4H3,(H,16,17,18). The zero-order valence-electron chi connectivity index (χ0n) is 13.0. The van der Waals surface area contributed by atoms with Crippen LogP contribution in [0.3, 0.4) is 0 Å². The molecule has 1 atom stereocenters. The molecule has 1 aliphatic rings. The van der Waals surface area contributed by atoms with Crippen LogP contribution < -0.4 is 10.2 Å². The van der Waals surface area contributed by atoms with Crippen molar-refractivity contribution < 1.29 is 0 Å². The van der Waals surface area contributed by atoms with Gasteiger partial charge in [0.15, 0.2) is 5.16 Å². The van der Waals surface area contributed by atoms with Crippen LogP contribution in [0.15, 0.2) is 11.2 Å². The molecule has 1 aliphatic heterocycles. The summed E-state index contributed by atoms with van der Waals surface area (Å²) in [5.74, 6) is 3.61. The molecular weight excluding hydrogens is 268 g/mol. The van der Waals surface area contributed by atoms with Crippen LogP contribution in [0, 0.1) is 11.8 Å². The quantitative estimate of drug-likeness (QED) is 0.680. The number of thioether (sulfide) groups is 1. The first-order valence-corrected chi connectivity index (χ1v) is 8.72. The van der Waals surface area contributed by atoms with Crippen molar-refractivity contribution in [2.45, 2.75) is 38.3 Å². The van der Waals surface area contributed by atoms with Gasteiger partial charge in [-0.2, -0.15) is 0 Å². The lowest BCUT2D eigenvalue weighted by Crippen LogP contribution is -2.26. The average molecular weight is 294 g/mol. The van der Waals surface area contributed by atoms with Gasteiger partial charge in [0, 0.05) is 26.2 Å². The number of nitrogens with one attached hydrogen (secondary N) is 1. The molecule has 0 aromatic carbocycles. The molecular formula is C15H26N4S. The Labute approximate surface area is 126 Å². The van der Waals surface area contributed by atoms with Crippen molar-refractivity contribution in [1.82, 2.24) is 9.97 Å². The van der Waals surface area contributed by atoms with Crippen molar-refractivity contribution in [2.75, 3.05) is 36.6 Å². The monoisotopic (exact) mass is 294 g/mol. The Bertz CT molecular complexity index is 414. The maximum atomic E-state index is 4.67. The van der Waals surface area contributed by atoms with E-state index in [2.05, 4.69) is 40.1 Å². The second-order valence-electron chi connectivity index (χ2n) is 5.77. The number of nitrogens with zero attached hydrogens (tertiary/aromatic N) is 3. The number of aromatic nitrogens is 2. The van der Waals surface area contributed by atoms with Crippen LogP contribution in [-0.2, 0) is 0 Å². The van der Waals surface area contributed by atoms with Gasteiger partial charge in [0.25, 0.3) is 0 Å². The van der Waals surface area contributed by atoms with E-state index in [1.54, 1.807) is 11.8 Å². The van der Waals surface area contributed by atoms with Gasteiger partial charge in [-0.25, -0.2) is 9.97 Å². The van der Waals surface area contributed by atoms with Gasteiger partial charge in [0.2, 0.25) is 0 Å². The molecule has 1 saturated heterocycles. The fourth-order valence-electron chi connectivity index (χ4n) is 2.81. The molecule has 5 heteroatoms. The van der Waals surface area contributed by atoms with Crippen molar-refractivity contribution in [1.29, 1.82) is 0 Å². The smallest absolute Gasteiger partial charge is 0.191 e. The Hall–Kier alpha value is -0.970. The minimum absolute atomic E-state index is 0.787. The van der Waals surface area contributed by atoms with E-state index in [0.717, 1.165) is 41.7 Å². The molecule has 112 valence electrons. The molecule has 20 heavy (non-hydrogen) atoms. The van der Waals surface area contributed by atoms with Gasteiger partial charge < -0.3 is 10.2 Å². The SMILES string of the molecule is CNc1cc(N2CCCC(C(C)C)CC2)nc(SC)n1. The highest BCUT2D eigenvalue weighted by atomic mass is 32.2. The van der Waals surface area contributed by atoms with E-state index in [9.17, 15) is 0 Å². The summed E-state index contributed by atoms with van der Waals surface area (Å²) >= 11 is 1.60. The molecule has 0 amide bonds. The van der Waals surface area contributed by atoms with E-state index >= 15 is 0 Å². The fraction of sp³-hybridized carbons (Fsp3) is 0.733. The van der Waals surface area contributed by atoms with Gasteiger partial charge in [-0.15, -0.1) is 0 Å². The van der Waals surface area contributed by atoms with Crippen LogP contribution in [0.25, 0.3) is 0 Å². The van der Waals surface area contributed by atoms with Crippen LogP contribution in [0.5, 0.6) is 0 Å². The van der Waals surface area contributed by atoms with Crippen molar-refractivity contribution in [3.8, 4) is 0 Å². The zero-order chi connectivity index (χ0) is 14.5. The summed E-state index contributed by atoms with van der Waals surface area (Å²) in [6.45, 7) is 6.90. The Morgan fingerprint density at radius 1 is 1.30 bits per heavy atom. The van der Waals surface area contributed by atoms with Gasteiger partial charge in [0.05, 0.1) is 0 Å². The molecule has 1 unspecified atom stereocenters. The summed E-state index contributed by atoms with van der Waals surface area (Å²) in [4.78, 5) is 11.5. The molecule has 0 spiro atoms. The molecule has 0 radical (unpaired) electrons. The normalized spacial score (nSPS) is 20.1. The number of rotatable bonds is 4. The Morgan fingerprint density at radius 3 is 2.75 bits per heavy atom. The van der Waals surface area contributed by atoms with Gasteiger partial charge >= 0.3 is 0 Å². The van der Waals surface area contributed by atoms with Crippen molar-refractivity contribution in [3.05, 3.63) is 6.07 Å². The first kappa shape index (κ1) is 15.4. The second kappa shape index (κ2) is 7.16. The molecule has 1 N–H and O–H groups in total. The summed E-state index contributed by atoms with van der Waals surface area (Å²) < 4.78 is 0. The number of hydrogen-bond donors (Lipinski definition) is 1. The van der Waals surface area contributed by atoms with Gasteiger partial charge in [-0.1, -0.05) is 25.6 Å². The van der Waals surface area contributed by atoms with Gasteiger partial charge in [0.1, 0.15) is 11.6 Å². The third kappa shape index (κ3) is 3.78. The minimum Gasteiger partial charge on any atom is -0.373 e. The first-order valence-electron chi connectivity index (χ1n) is 7.49. The van der Waals surface area contributed by atoms with E-state index in [0.29, 0.717) is 0 Å². The van der Waals surface area contributed by atoms with E-state index in [4.69, 9.17) is 0 Å². The van der Waals surface area contributed by atoms with Crippen molar-refractivity contribution >= 4 is 23.4 Å².